The van der Waals surface area contributed by atoms with Gasteiger partial charge in [-0.3, -0.25) is 10.1 Å². The SMILES string of the molecule is Cc1nc([NH+]=C(N)Nc2cccc(Cl)c2C)[nH]c(=O)c1Cc1ccccc1. The summed E-state index contributed by atoms with van der Waals surface area (Å²) >= 11 is 6.11. The second-order valence-electron chi connectivity index (χ2n) is 6.22. The van der Waals surface area contributed by atoms with Crippen LogP contribution >= 0.6 is 11.6 Å². The predicted molar refractivity (Wildman–Crippen MR) is 108 cm³/mol. The van der Waals surface area contributed by atoms with Crippen LogP contribution in [-0.4, -0.2) is 15.9 Å². The number of halogens is 1. The van der Waals surface area contributed by atoms with Crippen molar-refractivity contribution in [2.75, 3.05) is 5.32 Å². The molecule has 0 saturated carbocycles. The van der Waals surface area contributed by atoms with Crippen molar-refractivity contribution in [3.05, 3.63) is 86.3 Å². The first-order chi connectivity index (χ1) is 12.9. The maximum atomic E-state index is 12.5. The lowest BCUT2D eigenvalue weighted by Crippen LogP contribution is -2.73. The van der Waals surface area contributed by atoms with Gasteiger partial charge in [-0.2, -0.15) is 0 Å². The van der Waals surface area contributed by atoms with Gasteiger partial charge < -0.3 is 5.73 Å². The van der Waals surface area contributed by atoms with Gasteiger partial charge in [0.05, 0.1) is 16.9 Å². The second-order valence-corrected chi connectivity index (χ2v) is 6.62. The minimum Gasteiger partial charge on any atom is -0.322 e. The molecule has 0 atom stereocenters. The van der Waals surface area contributed by atoms with Crippen LogP contribution in [0.2, 0.25) is 5.02 Å². The Bertz CT molecular complexity index is 1040. The molecule has 138 valence electrons. The number of H-pyrrole nitrogens is 1. The molecule has 6 nitrogen and oxygen atoms in total. The molecular formula is C20H21ClN5O+. The van der Waals surface area contributed by atoms with Crippen molar-refractivity contribution in [2.45, 2.75) is 20.3 Å². The fourth-order valence-corrected chi connectivity index (χ4v) is 2.90. The summed E-state index contributed by atoms with van der Waals surface area (Å²) in [6.45, 7) is 3.70. The maximum Gasteiger partial charge on any atom is 0.325 e. The lowest BCUT2D eigenvalue weighted by Gasteiger charge is -2.07. The largest absolute Gasteiger partial charge is 0.325 e. The first-order valence-electron chi connectivity index (χ1n) is 8.49. The van der Waals surface area contributed by atoms with Gasteiger partial charge in [0, 0.05) is 17.0 Å². The Morgan fingerprint density at radius 1 is 1.19 bits per heavy atom. The van der Waals surface area contributed by atoms with Gasteiger partial charge in [0.1, 0.15) is 0 Å². The second kappa shape index (κ2) is 8.05. The molecule has 2 aromatic carbocycles. The fraction of sp³-hybridized carbons (Fsp3) is 0.150. The van der Waals surface area contributed by atoms with Gasteiger partial charge in [0.25, 0.3) is 11.5 Å². The van der Waals surface area contributed by atoms with Crippen LogP contribution in [0.15, 0.2) is 53.3 Å². The highest BCUT2D eigenvalue weighted by Gasteiger charge is 2.13. The molecule has 0 aliphatic carbocycles. The standard InChI is InChI=1S/C20H20ClN5O/c1-12-16(21)9-6-10-17(12)24-19(22)26-20-23-13(2)15(18(27)25-20)11-14-7-4-3-5-8-14/h3-10H,11H2,1-2H3,(H4,22,23,24,25,26,27)/p+1. The van der Waals surface area contributed by atoms with Crippen LogP contribution in [0.4, 0.5) is 11.6 Å². The third-order valence-electron chi connectivity index (χ3n) is 4.24. The van der Waals surface area contributed by atoms with Crippen molar-refractivity contribution in [3.8, 4) is 0 Å². The number of nitrogens with one attached hydrogen (secondary N) is 3. The van der Waals surface area contributed by atoms with Crippen LogP contribution in [0.25, 0.3) is 0 Å². The van der Waals surface area contributed by atoms with Gasteiger partial charge in [-0.25, -0.2) is 9.98 Å². The maximum absolute atomic E-state index is 12.5. The number of aromatic nitrogens is 2. The zero-order chi connectivity index (χ0) is 19.4. The van der Waals surface area contributed by atoms with Crippen LogP contribution < -0.4 is 21.6 Å². The molecule has 0 aliphatic rings. The fourth-order valence-electron chi connectivity index (χ4n) is 2.72. The minimum absolute atomic E-state index is 0.194. The van der Waals surface area contributed by atoms with Gasteiger partial charge in [0.2, 0.25) is 0 Å². The highest BCUT2D eigenvalue weighted by atomic mass is 35.5. The molecule has 1 aromatic heterocycles. The highest BCUT2D eigenvalue weighted by molar-refractivity contribution is 6.31. The Labute approximate surface area is 162 Å². The van der Waals surface area contributed by atoms with E-state index in [0.717, 1.165) is 16.8 Å². The normalized spacial score (nSPS) is 11.4. The molecule has 7 heteroatoms. The van der Waals surface area contributed by atoms with Crippen molar-refractivity contribution in [3.63, 3.8) is 0 Å². The molecule has 1 heterocycles. The van der Waals surface area contributed by atoms with Crippen LogP contribution in [0.5, 0.6) is 0 Å². The molecular weight excluding hydrogens is 362 g/mol. The summed E-state index contributed by atoms with van der Waals surface area (Å²) in [6, 6.07) is 15.3. The Balaban J connectivity index is 1.84. The molecule has 0 radical (unpaired) electrons. The van der Waals surface area contributed by atoms with Gasteiger partial charge in [0.15, 0.2) is 0 Å². The lowest BCUT2D eigenvalue weighted by atomic mass is 10.1. The Morgan fingerprint density at radius 3 is 2.63 bits per heavy atom. The summed E-state index contributed by atoms with van der Waals surface area (Å²) in [5, 5.41) is 3.67. The Hall–Kier alpha value is -3.12. The number of rotatable bonds is 4. The van der Waals surface area contributed by atoms with Crippen molar-refractivity contribution in [1.29, 1.82) is 0 Å². The van der Waals surface area contributed by atoms with Gasteiger partial charge in [-0.05, 0) is 31.5 Å². The zero-order valence-electron chi connectivity index (χ0n) is 15.1. The summed E-state index contributed by atoms with van der Waals surface area (Å²) in [5.41, 5.74) is 9.79. The number of nitrogens with two attached hydrogens (primary N) is 1. The summed E-state index contributed by atoms with van der Waals surface area (Å²) < 4.78 is 0. The Morgan fingerprint density at radius 2 is 1.93 bits per heavy atom. The average molecular weight is 383 g/mol. The molecule has 0 aliphatic heterocycles. The topological polar surface area (TPSA) is 97.8 Å². The van der Waals surface area contributed by atoms with E-state index in [2.05, 4.69) is 20.3 Å². The molecule has 0 fully saturated rings. The number of hydrogen-bond donors (Lipinski definition) is 4. The third-order valence-corrected chi connectivity index (χ3v) is 4.65. The molecule has 0 spiro atoms. The van der Waals surface area contributed by atoms with Crippen LogP contribution in [0.3, 0.4) is 0 Å². The number of nitrogens with zero attached hydrogens (tertiary/aromatic N) is 1. The quantitative estimate of drug-likeness (QED) is 0.408. The van der Waals surface area contributed by atoms with Crippen molar-refractivity contribution in [1.82, 2.24) is 9.97 Å². The molecule has 0 amide bonds. The number of anilines is 1. The third kappa shape index (κ3) is 4.54. The predicted octanol–water partition coefficient (Wildman–Crippen LogP) is 1.77. The van der Waals surface area contributed by atoms with Crippen LogP contribution in [0, 0.1) is 13.8 Å². The van der Waals surface area contributed by atoms with E-state index < -0.39 is 0 Å². The van der Waals surface area contributed by atoms with E-state index in [1.807, 2.05) is 56.3 Å². The first-order valence-corrected chi connectivity index (χ1v) is 8.87. The monoisotopic (exact) mass is 382 g/mol. The average Bonchev–Trinajstić information content (AvgIpc) is 2.63. The first kappa shape index (κ1) is 18.7. The van der Waals surface area contributed by atoms with Gasteiger partial charge >= 0.3 is 5.95 Å². The molecule has 0 bridgehead atoms. The number of hydrogen-bond acceptors (Lipinski definition) is 2. The lowest BCUT2D eigenvalue weighted by molar-refractivity contribution is -0.365. The van der Waals surface area contributed by atoms with E-state index in [9.17, 15) is 4.79 Å². The number of aromatic amines is 1. The highest BCUT2D eigenvalue weighted by Crippen LogP contribution is 2.22. The number of aryl methyl sites for hydroxylation is 1. The van der Waals surface area contributed by atoms with Crippen molar-refractivity contribution >= 4 is 29.2 Å². The zero-order valence-corrected chi connectivity index (χ0v) is 15.9. The summed E-state index contributed by atoms with van der Waals surface area (Å²) in [7, 11) is 0. The molecule has 3 rings (SSSR count). The van der Waals surface area contributed by atoms with E-state index >= 15 is 0 Å². The minimum atomic E-state index is -0.194. The van der Waals surface area contributed by atoms with Crippen LogP contribution in [-0.2, 0) is 6.42 Å². The van der Waals surface area contributed by atoms with E-state index in [1.54, 1.807) is 6.07 Å². The molecule has 27 heavy (non-hydrogen) atoms. The van der Waals surface area contributed by atoms with Crippen molar-refractivity contribution in [2.24, 2.45) is 5.73 Å². The van der Waals surface area contributed by atoms with E-state index in [0.29, 0.717) is 22.7 Å². The summed E-state index contributed by atoms with van der Waals surface area (Å²) in [4.78, 5) is 22.5. The number of guanidine groups is 1. The van der Waals surface area contributed by atoms with Crippen LogP contribution in [0.1, 0.15) is 22.4 Å². The number of benzene rings is 2. The molecule has 3 aromatic rings. The Kier molecular flexibility index (Phi) is 5.57. The molecule has 5 N–H and O–H groups in total. The van der Waals surface area contributed by atoms with Gasteiger partial charge in [-0.15, -0.1) is 4.98 Å². The van der Waals surface area contributed by atoms with Gasteiger partial charge in [-0.1, -0.05) is 48.0 Å². The van der Waals surface area contributed by atoms with E-state index in [-0.39, 0.29) is 17.5 Å². The molecule has 0 saturated heterocycles. The summed E-state index contributed by atoms with van der Waals surface area (Å²) in [5.74, 6) is 0.512. The van der Waals surface area contributed by atoms with E-state index in [4.69, 9.17) is 17.3 Å². The summed E-state index contributed by atoms with van der Waals surface area (Å²) in [6.07, 6.45) is 0.522. The molecule has 0 unspecified atom stereocenters. The van der Waals surface area contributed by atoms with Crippen molar-refractivity contribution < 1.29 is 4.99 Å². The smallest absolute Gasteiger partial charge is 0.322 e. The van der Waals surface area contributed by atoms with E-state index in [1.165, 1.54) is 0 Å².